The van der Waals surface area contributed by atoms with Gasteiger partial charge in [0, 0.05) is 29.8 Å². The minimum Gasteiger partial charge on any atom is -0.491 e. The van der Waals surface area contributed by atoms with Crippen LogP contribution in [0.1, 0.15) is 41.0 Å². The fourth-order valence-corrected chi connectivity index (χ4v) is 2.30. The van der Waals surface area contributed by atoms with Crippen molar-refractivity contribution in [2.75, 3.05) is 25.1 Å². The van der Waals surface area contributed by atoms with Gasteiger partial charge in [0.2, 0.25) is 5.91 Å². The van der Waals surface area contributed by atoms with Crippen molar-refractivity contribution in [3.63, 3.8) is 0 Å². The molecule has 0 spiro atoms. The number of benzene rings is 2. The highest BCUT2D eigenvalue weighted by Crippen LogP contribution is 2.13. The molecule has 29 heavy (non-hydrogen) atoms. The smallest absolute Gasteiger partial charge is 0.269 e. The molecule has 154 valence electrons. The van der Waals surface area contributed by atoms with Crippen molar-refractivity contribution in [1.82, 2.24) is 10.9 Å². The van der Waals surface area contributed by atoms with E-state index in [1.54, 1.807) is 55.5 Å². The largest absolute Gasteiger partial charge is 0.491 e. The van der Waals surface area contributed by atoms with Crippen LogP contribution in [0, 0.1) is 0 Å². The van der Waals surface area contributed by atoms with Gasteiger partial charge in [-0.15, -0.1) is 0 Å². The first-order valence-electron chi connectivity index (χ1n) is 9.34. The number of anilines is 1. The maximum atomic E-state index is 12.3. The lowest BCUT2D eigenvalue weighted by atomic mass is 10.2. The van der Waals surface area contributed by atoms with E-state index in [-0.39, 0.29) is 5.91 Å². The predicted octanol–water partition coefficient (Wildman–Crippen LogP) is 2.53. The Balaban J connectivity index is 1.86. The minimum atomic E-state index is -0.476. The van der Waals surface area contributed by atoms with Crippen LogP contribution in [0.4, 0.5) is 5.69 Å². The number of hydrazine groups is 1. The van der Waals surface area contributed by atoms with Gasteiger partial charge in [-0.1, -0.05) is 13.0 Å². The quantitative estimate of drug-likeness (QED) is 0.444. The summed E-state index contributed by atoms with van der Waals surface area (Å²) in [5.74, 6) is -0.525. The van der Waals surface area contributed by atoms with E-state index in [0.717, 1.165) is 0 Å². The molecular weight excluding hydrogens is 374 g/mol. The number of amides is 3. The van der Waals surface area contributed by atoms with Crippen molar-refractivity contribution in [2.45, 2.75) is 20.3 Å². The Morgan fingerprint density at radius 3 is 2.21 bits per heavy atom. The van der Waals surface area contributed by atoms with Crippen LogP contribution >= 0.6 is 0 Å². The van der Waals surface area contributed by atoms with E-state index in [4.69, 9.17) is 9.47 Å². The number of hydrogen-bond donors (Lipinski definition) is 3. The summed E-state index contributed by atoms with van der Waals surface area (Å²) in [6, 6.07) is 13.0. The maximum Gasteiger partial charge on any atom is 0.269 e. The summed E-state index contributed by atoms with van der Waals surface area (Å²) in [6.07, 6.45) is 0.368. The van der Waals surface area contributed by atoms with Crippen LogP contribution in [-0.4, -0.2) is 37.5 Å². The van der Waals surface area contributed by atoms with Crippen LogP contribution < -0.4 is 20.9 Å². The molecule has 0 aliphatic rings. The van der Waals surface area contributed by atoms with E-state index in [9.17, 15) is 14.4 Å². The third-order valence-electron chi connectivity index (χ3n) is 3.84. The van der Waals surface area contributed by atoms with E-state index in [0.29, 0.717) is 48.8 Å². The predicted molar refractivity (Wildman–Crippen MR) is 109 cm³/mol. The van der Waals surface area contributed by atoms with Gasteiger partial charge in [-0.05, 0) is 49.4 Å². The standard InChI is InChI=1S/C21H25N3O5/c1-3-19(25)22-17-10-8-15(9-11-17)20(26)23-24-21(27)16-6-5-7-18(14-16)29-13-12-28-4-2/h5-11,14H,3-4,12-13H2,1-2H3,(H,22,25)(H,23,26)(H,24,27). The molecule has 3 N–H and O–H groups in total. The average Bonchev–Trinajstić information content (AvgIpc) is 2.75. The minimum absolute atomic E-state index is 0.112. The molecule has 0 aliphatic carbocycles. The maximum absolute atomic E-state index is 12.3. The van der Waals surface area contributed by atoms with Gasteiger partial charge in [0.25, 0.3) is 11.8 Å². The van der Waals surface area contributed by atoms with Crippen LogP contribution in [0.5, 0.6) is 5.75 Å². The Kier molecular flexibility index (Phi) is 8.65. The molecule has 0 heterocycles. The van der Waals surface area contributed by atoms with Crippen LogP contribution in [-0.2, 0) is 9.53 Å². The fraction of sp³-hybridized carbons (Fsp3) is 0.286. The van der Waals surface area contributed by atoms with Crippen LogP contribution in [0.3, 0.4) is 0 Å². The summed E-state index contributed by atoms with van der Waals surface area (Å²) in [6.45, 7) is 5.11. The lowest BCUT2D eigenvalue weighted by molar-refractivity contribution is -0.115. The van der Waals surface area contributed by atoms with Crippen molar-refractivity contribution >= 4 is 23.4 Å². The topological polar surface area (TPSA) is 106 Å². The highest BCUT2D eigenvalue weighted by Gasteiger charge is 2.10. The van der Waals surface area contributed by atoms with E-state index in [1.807, 2.05) is 6.92 Å². The number of nitrogens with one attached hydrogen (secondary N) is 3. The van der Waals surface area contributed by atoms with Crippen molar-refractivity contribution in [2.24, 2.45) is 0 Å². The highest BCUT2D eigenvalue weighted by atomic mass is 16.5. The highest BCUT2D eigenvalue weighted by molar-refractivity contribution is 5.99. The van der Waals surface area contributed by atoms with Crippen molar-refractivity contribution in [1.29, 1.82) is 0 Å². The molecule has 0 unspecified atom stereocenters. The number of carbonyl (C=O) groups is 3. The zero-order valence-corrected chi connectivity index (χ0v) is 16.5. The van der Waals surface area contributed by atoms with Gasteiger partial charge in [-0.25, -0.2) is 0 Å². The Morgan fingerprint density at radius 2 is 1.55 bits per heavy atom. The third kappa shape index (κ3) is 7.27. The summed E-state index contributed by atoms with van der Waals surface area (Å²) in [5.41, 5.74) is 6.01. The molecule has 8 heteroatoms. The number of hydrogen-bond acceptors (Lipinski definition) is 5. The normalized spacial score (nSPS) is 10.1. The molecule has 0 saturated carbocycles. The van der Waals surface area contributed by atoms with Crippen LogP contribution in [0.2, 0.25) is 0 Å². The first-order chi connectivity index (χ1) is 14.0. The molecule has 8 nitrogen and oxygen atoms in total. The third-order valence-corrected chi connectivity index (χ3v) is 3.84. The van der Waals surface area contributed by atoms with E-state index < -0.39 is 11.8 Å². The molecule has 0 aliphatic heterocycles. The SMILES string of the molecule is CCOCCOc1cccc(C(=O)NNC(=O)c2ccc(NC(=O)CC)cc2)c1. The molecule has 3 amide bonds. The van der Waals surface area contributed by atoms with Crippen LogP contribution in [0.15, 0.2) is 48.5 Å². The second-order valence-corrected chi connectivity index (χ2v) is 5.96. The van der Waals surface area contributed by atoms with Crippen LogP contribution in [0.25, 0.3) is 0 Å². The first kappa shape index (κ1) is 21.9. The van der Waals surface area contributed by atoms with Crippen molar-refractivity contribution in [3.05, 3.63) is 59.7 Å². The zero-order valence-electron chi connectivity index (χ0n) is 16.5. The summed E-state index contributed by atoms with van der Waals surface area (Å²) < 4.78 is 10.7. The Hall–Kier alpha value is -3.39. The lowest BCUT2D eigenvalue weighted by Gasteiger charge is -2.10. The second-order valence-electron chi connectivity index (χ2n) is 5.96. The number of carbonyl (C=O) groups excluding carboxylic acids is 3. The first-order valence-corrected chi connectivity index (χ1v) is 9.34. The molecule has 0 fully saturated rings. The summed E-state index contributed by atoms with van der Waals surface area (Å²) in [7, 11) is 0. The monoisotopic (exact) mass is 399 g/mol. The molecule has 0 aromatic heterocycles. The number of ether oxygens (including phenoxy) is 2. The molecule has 2 aromatic rings. The van der Waals surface area contributed by atoms with Crippen molar-refractivity contribution < 1.29 is 23.9 Å². The molecule has 2 rings (SSSR count). The summed E-state index contributed by atoms with van der Waals surface area (Å²) in [4.78, 5) is 35.8. The van der Waals surface area contributed by atoms with Crippen molar-refractivity contribution in [3.8, 4) is 5.75 Å². The molecular formula is C21H25N3O5. The van der Waals surface area contributed by atoms with Gasteiger partial charge in [-0.2, -0.15) is 0 Å². The lowest BCUT2D eigenvalue weighted by Crippen LogP contribution is -2.41. The number of rotatable bonds is 9. The molecule has 0 bridgehead atoms. The second kappa shape index (κ2) is 11.5. The van der Waals surface area contributed by atoms with E-state index >= 15 is 0 Å². The van der Waals surface area contributed by atoms with Gasteiger partial charge in [0.05, 0.1) is 6.61 Å². The van der Waals surface area contributed by atoms with Gasteiger partial charge in [-0.3, -0.25) is 25.2 Å². The molecule has 0 saturated heterocycles. The van der Waals surface area contributed by atoms with E-state index in [2.05, 4.69) is 16.2 Å². The zero-order chi connectivity index (χ0) is 21.1. The van der Waals surface area contributed by atoms with Gasteiger partial charge in [0.1, 0.15) is 12.4 Å². The van der Waals surface area contributed by atoms with Gasteiger partial charge in [0.15, 0.2) is 0 Å². The molecule has 0 atom stereocenters. The van der Waals surface area contributed by atoms with E-state index in [1.165, 1.54) is 0 Å². The Morgan fingerprint density at radius 1 is 0.862 bits per heavy atom. The Labute approximate surface area is 169 Å². The summed E-state index contributed by atoms with van der Waals surface area (Å²) >= 11 is 0. The van der Waals surface area contributed by atoms with Gasteiger partial charge < -0.3 is 14.8 Å². The Bertz CT molecular complexity index is 836. The average molecular weight is 399 g/mol. The fourth-order valence-electron chi connectivity index (χ4n) is 2.30. The molecule has 2 aromatic carbocycles. The molecule has 0 radical (unpaired) electrons. The summed E-state index contributed by atoms with van der Waals surface area (Å²) in [5, 5.41) is 2.70. The van der Waals surface area contributed by atoms with Gasteiger partial charge >= 0.3 is 0 Å².